The maximum absolute atomic E-state index is 6.46. The van der Waals surface area contributed by atoms with E-state index in [2.05, 4.69) is 53.9 Å². The highest BCUT2D eigenvalue weighted by atomic mass is 28.5. The molecule has 3 unspecified atom stereocenters. The summed E-state index contributed by atoms with van der Waals surface area (Å²) in [4.78, 5) is 0. The van der Waals surface area contributed by atoms with Gasteiger partial charge in [0, 0.05) is 12.7 Å². The maximum Gasteiger partial charge on any atom is 0.352 e. The third kappa shape index (κ3) is 13.9. The van der Waals surface area contributed by atoms with Gasteiger partial charge in [0.2, 0.25) is 0 Å². The molecule has 0 bridgehead atoms. The first-order valence-electron chi connectivity index (χ1n) is 11.5. The Morgan fingerprint density at radius 3 is 1.75 bits per heavy atom. The van der Waals surface area contributed by atoms with E-state index in [4.69, 9.17) is 13.0 Å². The zero-order chi connectivity index (χ0) is 21.5. The Morgan fingerprint density at radius 2 is 1.29 bits per heavy atom. The molecule has 0 radical (unpaired) electrons. The maximum atomic E-state index is 6.46. The van der Waals surface area contributed by atoms with Gasteiger partial charge < -0.3 is 13.0 Å². The van der Waals surface area contributed by atoms with E-state index in [1.54, 1.807) is 0 Å². The molecule has 166 valence electrons. The minimum absolute atomic E-state index is 0.162. The molecule has 0 aliphatic heterocycles. The topological polar surface area (TPSA) is 27.7 Å². The number of unbranched alkanes of at least 4 members (excludes halogenated alkanes) is 8. The Labute approximate surface area is 178 Å². The van der Waals surface area contributed by atoms with Crippen LogP contribution in [-0.2, 0) is 13.0 Å². The van der Waals surface area contributed by atoms with Crippen LogP contribution < -0.4 is 0 Å². The monoisotopic (exact) mass is 428 g/mol. The molecule has 0 aromatic heterocycles. The molecule has 0 heterocycles. The molecule has 0 N–H and O–H groups in total. The highest BCUT2D eigenvalue weighted by molar-refractivity contribution is 6.84. The Bertz CT molecular complexity index is 417. The smallest absolute Gasteiger partial charge is 0.352 e. The van der Waals surface area contributed by atoms with Crippen LogP contribution in [0, 0.1) is 5.92 Å². The van der Waals surface area contributed by atoms with Crippen molar-refractivity contribution in [3.63, 3.8) is 0 Å². The van der Waals surface area contributed by atoms with Gasteiger partial charge in [-0.05, 0) is 38.8 Å². The fourth-order valence-corrected chi connectivity index (χ4v) is 9.42. The molecular formula is C23H48O3Si2. The minimum atomic E-state index is -2.48. The van der Waals surface area contributed by atoms with Crippen LogP contribution in [-0.4, -0.2) is 29.8 Å². The molecule has 0 rings (SSSR count). The summed E-state index contributed by atoms with van der Waals surface area (Å²) >= 11 is 0. The summed E-state index contributed by atoms with van der Waals surface area (Å²) in [6.07, 6.45) is 13.0. The molecule has 3 atom stereocenters. The van der Waals surface area contributed by atoms with E-state index in [0.29, 0.717) is 5.92 Å². The average molecular weight is 429 g/mol. The van der Waals surface area contributed by atoms with Crippen LogP contribution in [0.25, 0.3) is 0 Å². The fraction of sp³-hybridized carbons (Fsp3) is 0.826. The lowest BCUT2D eigenvalue weighted by Crippen LogP contribution is -2.51. The second kappa shape index (κ2) is 15.6. The van der Waals surface area contributed by atoms with E-state index in [0.717, 1.165) is 19.4 Å². The van der Waals surface area contributed by atoms with Crippen LogP contribution in [0.3, 0.4) is 0 Å². The van der Waals surface area contributed by atoms with Crippen LogP contribution in [0.4, 0.5) is 0 Å². The van der Waals surface area contributed by atoms with Crippen LogP contribution in [0.1, 0.15) is 91.9 Å². The Kier molecular flexibility index (Phi) is 15.5. The van der Waals surface area contributed by atoms with Crippen molar-refractivity contribution in [2.45, 2.75) is 111 Å². The molecule has 0 aromatic carbocycles. The van der Waals surface area contributed by atoms with E-state index in [-0.39, 0.29) is 6.10 Å². The van der Waals surface area contributed by atoms with Gasteiger partial charge >= 0.3 is 17.1 Å². The molecule has 0 aliphatic rings. The van der Waals surface area contributed by atoms with Gasteiger partial charge in [0.25, 0.3) is 0 Å². The highest BCUT2D eigenvalue weighted by Gasteiger charge is 2.40. The minimum Gasteiger partial charge on any atom is -0.409 e. The predicted molar refractivity (Wildman–Crippen MR) is 128 cm³/mol. The molecule has 3 nitrogen and oxygen atoms in total. The van der Waals surface area contributed by atoms with E-state index in [1.807, 2.05) is 11.4 Å². The Morgan fingerprint density at radius 1 is 0.786 bits per heavy atom. The fourth-order valence-electron chi connectivity index (χ4n) is 3.45. The van der Waals surface area contributed by atoms with Gasteiger partial charge in [-0.2, -0.15) is 0 Å². The summed E-state index contributed by atoms with van der Waals surface area (Å²) in [5.41, 5.74) is 3.76. The summed E-state index contributed by atoms with van der Waals surface area (Å²) in [6.45, 7) is 21.7. The second-order valence-corrected chi connectivity index (χ2v) is 15.0. The van der Waals surface area contributed by atoms with E-state index in [9.17, 15) is 0 Å². The molecule has 0 saturated heterocycles. The van der Waals surface area contributed by atoms with Gasteiger partial charge in [0.1, 0.15) is 0 Å². The lowest BCUT2D eigenvalue weighted by molar-refractivity contribution is 0.139. The van der Waals surface area contributed by atoms with Crippen molar-refractivity contribution in [3.05, 3.63) is 24.6 Å². The second-order valence-electron chi connectivity index (χ2n) is 8.78. The zero-order valence-corrected chi connectivity index (χ0v) is 21.7. The first kappa shape index (κ1) is 27.8. The van der Waals surface area contributed by atoms with Crippen molar-refractivity contribution in [2.24, 2.45) is 5.92 Å². The van der Waals surface area contributed by atoms with E-state index < -0.39 is 17.1 Å². The summed E-state index contributed by atoms with van der Waals surface area (Å²) in [6, 6.07) is 0. The third-order valence-electron chi connectivity index (χ3n) is 5.02. The third-order valence-corrected chi connectivity index (χ3v) is 11.4. The predicted octanol–water partition coefficient (Wildman–Crippen LogP) is 7.60. The standard InChI is InChI=1S/C23H48O3Si2/c1-9-12-13-14-15-16-17-18-19-20-24-27(7,10-2)26-28(8,11-3)25-23(6)21-22(4)5/h10-11,22-23H,2-3,9,12-21H2,1,4-8H3. The number of hydrogen-bond donors (Lipinski definition) is 0. The number of hydrogen-bond acceptors (Lipinski definition) is 3. The van der Waals surface area contributed by atoms with Crippen LogP contribution >= 0.6 is 0 Å². The van der Waals surface area contributed by atoms with Crippen LogP contribution in [0.2, 0.25) is 13.1 Å². The van der Waals surface area contributed by atoms with Gasteiger partial charge in [-0.3, -0.25) is 0 Å². The van der Waals surface area contributed by atoms with Gasteiger partial charge in [0.15, 0.2) is 0 Å². The normalized spacial score (nSPS) is 17.1. The van der Waals surface area contributed by atoms with Crippen molar-refractivity contribution >= 4 is 17.1 Å². The van der Waals surface area contributed by atoms with Gasteiger partial charge in [-0.25, -0.2) is 0 Å². The SMILES string of the molecule is C=C[Si](C)(OCCCCCCCCCCC)O[Si](C)(C=C)OC(C)CC(C)C. The molecule has 0 aliphatic carbocycles. The lowest BCUT2D eigenvalue weighted by Gasteiger charge is -2.35. The van der Waals surface area contributed by atoms with Crippen molar-refractivity contribution in [1.29, 1.82) is 0 Å². The first-order valence-corrected chi connectivity index (χ1v) is 16.3. The summed E-state index contributed by atoms with van der Waals surface area (Å²) < 4.78 is 19.0. The van der Waals surface area contributed by atoms with E-state index in [1.165, 1.54) is 51.4 Å². The number of rotatable bonds is 19. The lowest BCUT2D eigenvalue weighted by atomic mass is 10.1. The van der Waals surface area contributed by atoms with Crippen molar-refractivity contribution in [1.82, 2.24) is 0 Å². The van der Waals surface area contributed by atoms with Gasteiger partial charge in [-0.1, -0.05) is 83.5 Å². The molecule has 0 amide bonds. The molecule has 5 heteroatoms. The summed E-state index contributed by atoms with van der Waals surface area (Å²) in [7, 11) is -4.93. The van der Waals surface area contributed by atoms with Gasteiger partial charge in [0.05, 0.1) is 0 Å². The largest absolute Gasteiger partial charge is 0.409 e. The Balaban J connectivity index is 4.23. The van der Waals surface area contributed by atoms with E-state index >= 15 is 0 Å². The molecule has 0 saturated carbocycles. The van der Waals surface area contributed by atoms with Crippen LogP contribution in [0.15, 0.2) is 24.6 Å². The molecular weight excluding hydrogens is 380 g/mol. The average Bonchev–Trinajstić information content (AvgIpc) is 2.62. The van der Waals surface area contributed by atoms with Gasteiger partial charge in [-0.15, -0.1) is 13.2 Å². The van der Waals surface area contributed by atoms with Crippen molar-refractivity contribution in [2.75, 3.05) is 6.61 Å². The first-order chi connectivity index (χ1) is 13.2. The Hall–Kier alpha value is -0.206. The van der Waals surface area contributed by atoms with Crippen molar-refractivity contribution < 1.29 is 13.0 Å². The summed E-state index contributed by atoms with van der Waals surface area (Å²) in [5.74, 6) is 0.601. The zero-order valence-electron chi connectivity index (χ0n) is 19.7. The molecule has 28 heavy (non-hydrogen) atoms. The highest BCUT2D eigenvalue weighted by Crippen LogP contribution is 2.23. The summed E-state index contributed by atoms with van der Waals surface area (Å²) in [5, 5.41) is 0. The molecule has 0 aromatic rings. The van der Waals surface area contributed by atoms with Crippen molar-refractivity contribution in [3.8, 4) is 0 Å². The quantitative estimate of drug-likeness (QED) is 0.157. The van der Waals surface area contributed by atoms with Crippen LogP contribution in [0.5, 0.6) is 0 Å². The molecule has 0 fully saturated rings. The molecule has 0 spiro atoms.